The molecule has 0 amide bonds. The van der Waals surface area contributed by atoms with Crippen molar-refractivity contribution in [2.24, 2.45) is 0 Å². The molecule has 5 heteroatoms. The average Bonchev–Trinajstić information content (AvgIpc) is 2.58. The zero-order valence-corrected chi connectivity index (χ0v) is 14.8. The Bertz CT molecular complexity index is 770. The van der Waals surface area contributed by atoms with Crippen molar-refractivity contribution in [2.75, 3.05) is 7.11 Å². The maximum atomic E-state index is 12.3. The Kier molecular flexibility index (Phi) is 5.47. The van der Waals surface area contributed by atoms with E-state index in [1.807, 2.05) is 20.8 Å². The first kappa shape index (κ1) is 18.5. The Hall–Kier alpha value is -2.82. The maximum absolute atomic E-state index is 12.3. The SMILES string of the molecule is COc1ccc(C(=O)OCc2ccc(C(=O)[O-])cc2)cc1C(C)(C)C. The smallest absolute Gasteiger partial charge is 0.338 e. The van der Waals surface area contributed by atoms with E-state index in [1.54, 1.807) is 37.4 Å². The summed E-state index contributed by atoms with van der Waals surface area (Å²) in [6.07, 6.45) is 0. The molecule has 0 fully saturated rings. The van der Waals surface area contributed by atoms with Gasteiger partial charge in [0.05, 0.1) is 18.6 Å². The first-order valence-corrected chi connectivity index (χ1v) is 7.88. The lowest BCUT2D eigenvalue weighted by Gasteiger charge is -2.22. The third-order valence-corrected chi connectivity index (χ3v) is 3.80. The summed E-state index contributed by atoms with van der Waals surface area (Å²) in [5, 5.41) is 10.7. The summed E-state index contributed by atoms with van der Waals surface area (Å²) >= 11 is 0. The predicted molar refractivity (Wildman–Crippen MR) is 91.6 cm³/mol. The van der Waals surface area contributed by atoms with E-state index in [0.29, 0.717) is 11.1 Å². The van der Waals surface area contributed by atoms with E-state index in [9.17, 15) is 14.7 Å². The largest absolute Gasteiger partial charge is 0.545 e. The Balaban J connectivity index is 2.11. The number of carboxylic acid groups (broad SMARTS) is 1. The molecule has 132 valence electrons. The fourth-order valence-electron chi connectivity index (χ4n) is 2.39. The van der Waals surface area contributed by atoms with Gasteiger partial charge in [0.1, 0.15) is 12.4 Å². The minimum absolute atomic E-state index is 0.0586. The molecule has 0 saturated carbocycles. The molecule has 0 N–H and O–H groups in total. The van der Waals surface area contributed by atoms with Crippen molar-refractivity contribution in [1.29, 1.82) is 0 Å². The van der Waals surface area contributed by atoms with Crippen molar-refractivity contribution in [3.8, 4) is 5.75 Å². The highest BCUT2D eigenvalue weighted by molar-refractivity contribution is 5.90. The van der Waals surface area contributed by atoms with E-state index in [4.69, 9.17) is 9.47 Å². The Morgan fingerprint density at radius 2 is 1.60 bits per heavy atom. The molecule has 2 aromatic carbocycles. The number of rotatable bonds is 5. The van der Waals surface area contributed by atoms with E-state index < -0.39 is 11.9 Å². The fourth-order valence-corrected chi connectivity index (χ4v) is 2.39. The van der Waals surface area contributed by atoms with Gasteiger partial charge in [0, 0.05) is 5.56 Å². The molecule has 25 heavy (non-hydrogen) atoms. The first-order valence-electron chi connectivity index (χ1n) is 7.88. The van der Waals surface area contributed by atoms with Crippen LogP contribution >= 0.6 is 0 Å². The van der Waals surface area contributed by atoms with Crippen LogP contribution in [0.2, 0.25) is 0 Å². The van der Waals surface area contributed by atoms with Gasteiger partial charge in [-0.25, -0.2) is 4.79 Å². The van der Waals surface area contributed by atoms with Gasteiger partial charge in [0.2, 0.25) is 0 Å². The molecule has 0 aliphatic heterocycles. The molecule has 2 rings (SSSR count). The fraction of sp³-hybridized carbons (Fsp3) is 0.300. The van der Waals surface area contributed by atoms with Gasteiger partial charge >= 0.3 is 5.97 Å². The lowest BCUT2D eigenvalue weighted by molar-refractivity contribution is -0.255. The Morgan fingerprint density at radius 1 is 1.00 bits per heavy atom. The molecule has 0 radical (unpaired) electrons. The van der Waals surface area contributed by atoms with Gasteiger partial charge in [-0.3, -0.25) is 0 Å². The van der Waals surface area contributed by atoms with Crippen LogP contribution in [0, 0.1) is 0 Å². The third-order valence-electron chi connectivity index (χ3n) is 3.80. The monoisotopic (exact) mass is 341 g/mol. The van der Waals surface area contributed by atoms with E-state index in [-0.39, 0.29) is 17.6 Å². The third kappa shape index (κ3) is 4.59. The summed E-state index contributed by atoms with van der Waals surface area (Å²) in [5.74, 6) is -0.962. The number of carboxylic acids is 1. The van der Waals surface area contributed by atoms with Gasteiger partial charge in [0.15, 0.2) is 0 Å². The number of carbonyl (C=O) groups is 2. The quantitative estimate of drug-likeness (QED) is 0.782. The van der Waals surface area contributed by atoms with E-state index in [0.717, 1.165) is 11.3 Å². The summed E-state index contributed by atoms with van der Waals surface area (Å²) < 4.78 is 10.7. The van der Waals surface area contributed by atoms with Crippen molar-refractivity contribution < 1.29 is 24.2 Å². The van der Waals surface area contributed by atoms with Gasteiger partial charge in [0.25, 0.3) is 0 Å². The maximum Gasteiger partial charge on any atom is 0.338 e. The molecular formula is C20H21O5-. The first-order chi connectivity index (χ1) is 11.7. The Labute approximate surface area is 147 Å². The molecule has 0 heterocycles. The van der Waals surface area contributed by atoms with Gasteiger partial charge in [-0.1, -0.05) is 45.0 Å². The van der Waals surface area contributed by atoms with Crippen molar-refractivity contribution in [3.63, 3.8) is 0 Å². The summed E-state index contributed by atoms with van der Waals surface area (Å²) in [4.78, 5) is 23.0. The summed E-state index contributed by atoms with van der Waals surface area (Å²) in [6, 6.07) is 11.2. The van der Waals surface area contributed by atoms with Gasteiger partial charge in [-0.05, 0) is 34.7 Å². The van der Waals surface area contributed by atoms with Crippen LogP contribution in [0.25, 0.3) is 0 Å². The lowest BCUT2D eigenvalue weighted by Crippen LogP contribution is -2.22. The van der Waals surface area contributed by atoms with Gasteiger partial charge < -0.3 is 19.4 Å². The van der Waals surface area contributed by atoms with Gasteiger partial charge in [-0.2, -0.15) is 0 Å². The van der Waals surface area contributed by atoms with Crippen LogP contribution in [0.1, 0.15) is 52.6 Å². The van der Waals surface area contributed by atoms with Crippen molar-refractivity contribution in [2.45, 2.75) is 32.8 Å². The Morgan fingerprint density at radius 3 is 2.12 bits per heavy atom. The minimum atomic E-state index is -1.24. The van der Waals surface area contributed by atoms with Crippen molar-refractivity contribution >= 4 is 11.9 Å². The van der Waals surface area contributed by atoms with E-state index in [1.165, 1.54) is 12.1 Å². The van der Waals surface area contributed by atoms with Crippen LogP contribution in [0.15, 0.2) is 42.5 Å². The molecule has 0 aliphatic carbocycles. The predicted octanol–water partition coefficient (Wildman–Crippen LogP) is 2.71. The molecule has 0 bridgehead atoms. The van der Waals surface area contributed by atoms with Crippen molar-refractivity contribution in [1.82, 2.24) is 0 Å². The van der Waals surface area contributed by atoms with Gasteiger partial charge in [-0.15, -0.1) is 0 Å². The van der Waals surface area contributed by atoms with Crippen LogP contribution in [-0.4, -0.2) is 19.0 Å². The minimum Gasteiger partial charge on any atom is -0.545 e. The zero-order valence-electron chi connectivity index (χ0n) is 14.8. The number of benzene rings is 2. The van der Waals surface area contributed by atoms with E-state index in [2.05, 4.69) is 0 Å². The summed E-state index contributed by atoms with van der Waals surface area (Å²) in [6.45, 7) is 6.18. The number of ether oxygens (including phenoxy) is 2. The van der Waals surface area contributed by atoms with Crippen LogP contribution in [0.5, 0.6) is 5.75 Å². The van der Waals surface area contributed by atoms with Crippen molar-refractivity contribution in [3.05, 3.63) is 64.7 Å². The van der Waals surface area contributed by atoms with Crippen LogP contribution in [0.3, 0.4) is 0 Å². The molecular weight excluding hydrogens is 320 g/mol. The zero-order chi connectivity index (χ0) is 18.6. The molecule has 0 aromatic heterocycles. The second-order valence-corrected chi connectivity index (χ2v) is 6.73. The highest BCUT2D eigenvalue weighted by atomic mass is 16.5. The topological polar surface area (TPSA) is 75.7 Å². The second kappa shape index (κ2) is 7.38. The van der Waals surface area contributed by atoms with Crippen LogP contribution in [-0.2, 0) is 16.8 Å². The number of hydrogen-bond acceptors (Lipinski definition) is 5. The summed E-state index contributed by atoms with van der Waals surface area (Å²) in [7, 11) is 1.60. The molecule has 5 nitrogen and oxygen atoms in total. The molecule has 0 atom stereocenters. The molecule has 0 spiro atoms. The molecule has 0 unspecified atom stereocenters. The lowest BCUT2D eigenvalue weighted by atomic mass is 9.85. The molecule has 0 saturated heterocycles. The average molecular weight is 341 g/mol. The van der Waals surface area contributed by atoms with Crippen LogP contribution in [0.4, 0.5) is 0 Å². The standard InChI is InChI=1S/C20H22O5/c1-20(2,3)16-11-15(9-10-17(16)24-4)19(23)25-12-13-5-7-14(8-6-13)18(21)22/h5-11H,12H2,1-4H3,(H,21,22)/p-1. The molecule has 0 aliphatic rings. The normalized spacial score (nSPS) is 11.0. The number of aromatic carboxylic acids is 1. The number of methoxy groups -OCH3 is 1. The number of carbonyl (C=O) groups excluding carboxylic acids is 2. The highest BCUT2D eigenvalue weighted by Gasteiger charge is 2.21. The number of esters is 1. The van der Waals surface area contributed by atoms with E-state index >= 15 is 0 Å². The molecule has 2 aromatic rings. The highest BCUT2D eigenvalue weighted by Crippen LogP contribution is 2.32. The summed E-state index contributed by atoms with van der Waals surface area (Å²) in [5.41, 5.74) is 1.96. The second-order valence-electron chi connectivity index (χ2n) is 6.73. The number of hydrogen-bond donors (Lipinski definition) is 0. The van der Waals surface area contributed by atoms with Crippen LogP contribution < -0.4 is 9.84 Å².